The first-order valence-electron chi connectivity index (χ1n) is 15.8. The highest BCUT2D eigenvalue weighted by Gasteiger charge is 2.20. The maximum atomic E-state index is 5.42. The molecule has 4 heteroatoms. The molecule has 0 unspecified atom stereocenters. The largest absolute Gasteiger partial charge is 0.319 e. The Hall–Kier alpha value is -5.84. The van der Waals surface area contributed by atoms with Crippen LogP contribution in [-0.4, -0.2) is 17.0 Å². The summed E-state index contributed by atoms with van der Waals surface area (Å²) < 4.78 is 5.00. The standard InChI is InChI=1S/C43H29N3S/c1-44-36(29-14-3-2-4-15-29)26-37(31-24-23-28-13-5-6-16-30(28)25-31)45-27-46-38-21-11-9-19-34(38)40-32-17-7-8-18-33(32)41-35-20-10-12-22-39(35)47-43(41)42(40)46/h2-26H,1,27H2/b36-26-,45-37+. The lowest BCUT2D eigenvalue weighted by molar-refractivity contribution is 0.796. The summed E-state index contributed by atoms with van der Waals surface area (Å²) in [6.45, 7) is 4.38. The molecule has 2 heterocycles. The summed E-state index contributed by atoms with van der Waals surface area (Å²) >= 11 is 1.87. The Balaban J connectivity index is 1.34. The molecular formula is C43H29N3S. The number of para-hydroxylation sites is 1. The van der Waals surface area contributed by atoms with Gasteiger partial charge in [0.05, 0.1) is 27.1 Å². The molecule has 9 rings (SSSR count). The van der Waals surface area contributed by atoms with Crippen LogP contribution in [0.15, 0.2) is 162 Å². The van der Waals surface area contributed by atoms with Gasteiger partial charge in [0, 0.05) is 37.4 Å². The van der Waals surface area contributed by atoms with Crippen molar-refractivity contribution in [2.45, 2.75) is 6.67 Å². The summed E-state index contributed by atoms with van der Waals surface area (Å²) in [7, 11) is 0. The van der Waals surface area contributed by atoms with Crippen LogP contribution in [0, 0.1) is 0 Å². The Morgan fingerprint density at radius 3 is 2.09 bits per heavy atom. The van der Waals surface area contributed by atoms with Crippen molar-refractivity contribution in [3.05, 3.63) is 163 Å². The lowest BCUT2D eigenvalue weighted by Gasteiger charge is -2.11. The van der Waals surface area contributed by atoms with E-state index in [1.165, 1.54) is 63.5 Å². The van der Waals surface area contributed by atoms with Crippen molar-refractivity contribution in [3.8, 4) is 0 Å². The van der Waals surface area contributed by atoms with Crippen molar-refractivity contribution in [2.75, 3.05) is 0 Å². The molecule has 0 N–H and O–H groups in total. The van der Waals surface area contributed by atoms with E-state index in [2.05, 4.69) is 150 Å². The summed E-state index contributed by atoms with van der Waals surface area (Å²) in [5.74, 6) is 0. The van der Waals surface area contributed by atoms with Crippen LogP contribution in [0.4, 0.5) is 0 Å². The number of rotatable bonds is 6. The van der Waals surface area contributed by atoms with Crippen molar-refractivity contribution in [2.24, 2.45) is 9.98 Å². The topological polar surface area (TPSA) is 29.6 Å². The third kappa shape index (κ3) is 4.49. The van der Waals surface area contributed by atoms with Crippen LogP contribution >= 0.6 is 11.3 Å². The van der Waals surface area contributed by atoms with Gasteiger partial charge in [-0.05, 0) is 52.5 Å². The smallest absolute Gasteiger partial charge is 0.115 e. The molecule has 0 aliphatic rings. The van der Waals surface area contributed by atoms with E-state index in [1.54, 1.807) is 0 Å². The van der Waals surface area contributed by atoms with Gasteiger partial charge in [-0.25, -0.2) is 0 Å². The SMILES string of the molecule is C=N/C(=C\C(=N/Cn1c2ccccc2c2c3ccccc3c3c4ccccc4sc3c21)c1ccc2ccccc2c1)c1ccccc1. The predicted molar refractivity (Wildman–Crippen MR) is 204 cm³/mol. The monoisotopic (exact) mass is 619 g/mol. The molecule has 0 radical (unpaired) electrons. The highest BCUT2D eigenvalue weighted by atomic mass is 32.1. The summed E-state index contributed by atoms with van der Waals surface area (Å²) in [5.41, 5.74) is 6.11. The van der Waals surface area contributed by atoms with Gasteiger partial charge < -0.3 is 4.57 Å². The number of aliphatic imine (C=N–C) groups is 2. The molecule has 47 heavy (non-hydrogen) atoms. The molecule has 0 spiro atoms. The van der Waals surface area contributed by atoms with E-state index in [1.807, 2.05) is 29.5 Å². The number of nitrogens with zero attached hydrogens (tertiary/aromatic N) is 3. The average Bonchev–Trinajstić information content (AvgIpc) is 3.69. The fourth-order valence-electron chi connectivity index (χ4n) is 7.03. The van der Waals surface area contributed by atoms with Crippen molar-refractivity contribution >= 4 is 93.0 Å². The van der Waals surface area contributed by atoms with Crippen molar-refractivity contribution < 1.29 is 0 Å². The normalized spacial score (nSPS) is 12.7. The summed E-state index contributed by atoms with van der Waals surface area (Å²) in [6.07, 6.45) is 2.07. The predicted octanol–water partition coefficient (Wildman–Crippen LogP) is 11.7. The zero-order valence-electron chi connectivity index (χ0n) is 25.6. The van der Waals surface area contributed by atoms with E-state index < -0.39 is 0 Å². The number of benzene rings is 7. The lowest BCUT2D eigenvalue weighted by atomic mass is 9.99. The van der Waals surface area contributed by atoms with Gasteiger partial charge in [-0.2, -0.15) is 0 Å². The highest BCUT2D eigenvalue weighted by Crippen LogP contribution is 2.46. The van der Waals surface area contributed by atoms with Crippen LogP contribution in [-0.2, 0) is 6.67 Å². The number of aromatic nitrogens is 1. The second kappa shape index (κ2) is 11.2. The van der Waals surface area contributed by atoms with Gasteiger partial charge in [0.15, 0.2) is 0 Å². The number of allylic oxidation sites excluding steroid dienone is 1. The molecule has 222 valence electrons. The van der Waals surface area contributed by atoms with E-state index in [0.717, 1.165) is 22.5 Å². The highest BCUT2D eigenvalue weighted by molar-refractivity contribution is 7.27. The number of thiophene rings is 1. The van der Waals surface area contributed by atoms with Crippen molar-refractivity contribution in [1.82, 2.24) is 4.57 Å². The van der Waals surface area contributed by atoms with Gasteiger partial charge in [0.25, 0.3) is 0 Å². The minimum absolute atomic E-state index is 0.448. The summed E-state index contributed by atoms with van der Waals surface area (Å²) in [4.78, 5) is 9.87. The molecule has 0 bridgehead atoms. The van der Waals surface area contributed by atoms with Crippen LogP contribution in [0.3, 0.4) is 0 Å². The fourth-order valence-corrected chi connectivity index (χ4v) is 8.31. The zero-order valence-corrected chi connectivity index (χ0v) is 26.4. The van der Waals surface area contributed by atoms with Gasteiger partial charge >= 0.3 is 0 Å². The maximum absolute atomic E-state index is 5.42. The second-order valence-corrected chi connectivity index (χ2v) is 12.9. The van der Waals surface area contributed by atoms with Gasteiger partial charge in [0.2, 0.25) is 0 Å². The quantitative estimate of drug-likeness (QED) is 0.166. The molecule has 7 aromatic carbocycles. The van der Waals surface area contributed by atoms with Crippen molar-refractivity contribution in [1.29, 1.82) is 0 Å². The lowest BCUT2D eigenvalue weighted by Crippen LogP contribution is -2.03. The Morgan fingerprint density at radius 1 is 0.617 bits per heavy atom. The number of fused-ring (bicyclic) bond motifs is 11. The van der Waals surface area contributed by atoms with E-state index in [4.69, 9.17) is 4.99 Å². The van der Waals surface area contributed by atoms with Gasteiger partial charge in [-0.15, -0.1) is 11.3 Å². The van der Waals surface area contributed by atoms with Crippen LogP contribution in [0.2, 0.25) is 0 Å². The molecule has 0 aliphatic carbocycles. The summed E-state index contributed by atoms with van der Waals surface area (Å²) in [5, 5.41) is 10.1. The van der Waals surface area contributed by atoms with E-state index in [9.17, 15) is 0 Å². The average molecular weight is 620 g/mol. The Bertz CT molecular complexity index is 2730. The Kier molecular flexibility index (Phi) is 6.54. The van der Waals surface area contributed by atoms with E-state index >= 15 is 0 Å². The van der Waals surface area contributed by atoms with Gasteiger partial charge in [-0.3, -0.25) is 9.98 Å². The molecule has 2 aromatic heterocycles. The molecule has 0 fully saturated rings. The first-order valence-corrected chi connectivity index (χ1v) is 16.6. The first kappa shape index (κ1) is 27.5. The minimum Gasteiger partial charge on any atom is -0.319 e. The number of hydrogen-bond donors (Lipinski definition) is 0. The molecule has 0 amide bonds. The van der Waals surface area contributed by atoms with Crippen LogP contribution in [0.1, 0.15) is 11.1 Å². The van der Waals surface area contributed by atoms with Crippen molar-refractivity contribution in [3.63, 3.8) is 0 Å². The van der Waals surface area contributed by atoms with Crippen LogP contribution in [0.5, 0.6) is 0 Å². The van der Waals surface area contributed by atoms with E-state index in [0.29, 0.717) is 6.67 Å². The molecule has 0 saturated heterocycles. The fraction of sp³-hybridized carbons (Fsp3) is 0.0233. The first-order chi connectivity index (χ1) is 23.3. The zero-order chi connectivity index (χ0) is 31.3. The van der Waals surface area contributed by atoms with Crippen LogP contribution < -0.4 is 0 Å². The van der Waals surface area contributed by atoms with Crippen LogP contribution in [0.25, 0.3) is 69.2 Å². The molecule has 0 atom stereocenters. The Labute approximate surface area is 276 Å². The number of hydrogen-bond acceptors (Lipinski definition) is 3. The minimum atomic E-state index is 0.448. The van der Waals surface area contributed by atoms with Gasteiger partial charge in [-0.1, -0.05) is 127 Å². The second-order valence-electron chi connectivity index (χ2n) is 11.8. The molecule has 3 nitrogen and oxygen atoms in total. The molecule has 9 aromatic rings. The Morgan fingerprint density at radius 2 is 1.28 bits per heavy atom. The maximum Gasteiger partial charge on any atom is 0.115 e. The molecule has 0 aliphatic heterocycles. The molecule has 0 saturated carbocycles. The third-order valence-electron chi connectivity index (χ3n) is 9.19. The molecular weight excluding hydrogens is 591 g/mol. The third-order valence-corrected chi connectivity index (χ3v) is 10.4. The summed E-state index contributed by atoms with van der Waals surface area (Å²) in [6, 6.07) is 51.6. The van der Waals surface area contributed by atoms with E-state index in [-0.39, 0.29) is 0 Å². The van der Waals surface area contributed by atoms with Gasteiger partial charge in [0.1, 0.15) is 6.67 Å².